The van der Waals surface area contributed by atoms with Gasteiger partial charge in [-0.25, -0.2) is 0 Å². The van der Waals surface area contributed by atoms with Gasteiger partial charge < -0.3 is 15.4 Å². The highest BCUT2D eigenvalue weighted by Gasteiger charge is 2.41. The van der Waals surface area contributed by atoms with E-state index in [1.165, 1.54) is 6.42 Å². The van der Waals surface area contributed by atoms with Crippen molar-refractivity contribution >= 4 is 5.91 Å². The van der Waals surface area contributed by atoms with Crippen molar-refractivity contribution in [3.63, 3.8) is 0 Å². The van der Waals surface area contributed by atoms with Crippen LogP contribution in [0.2, 0.25) is 0 Å². The third kappa shape index (κ3) is 2.63. The van der Waals surface area contributed by atoms with Gasteiger partial charge in [0.05, 0.1) is 18.2 Å². The first-order chi connectivity index (χ1) is 8.03. The molecule has 4 heteroatoms. The first-order valence-corrected chi connectivity index (χ1v) is 6.67. The summed E-state index contributed by atoms with van der Waals surface area (Å²) in [7, 11) is 1.87. The van der Waals surface area contributed by atoms with Gasteiger partial charge in [0.1, 0.15) is 0 Å². The average molecular weight is 240 g/mol. The van der Waals surface area contributed by atoms with E-state index in [4.69, 9.17) is 10.5 Å². The number of nitrogens with zero attached hydrogens (tertiary/aromatic N) is 1. The summed E-state index contributed by atoms with van der Waals surface area (Å²) >= 11 is 0. The molecule has 2 N–H and O–H groups in total. The van der Waals surface area contributed by atoms with Gasteiger partial charge in [0.2, 0.25) is 5.91 Å². The third-order valence-electron chi connectivity index (χ3n) is 4.23. The standard InChI is InChI=1S/C13H24N2O2/c1-10-4-3-6-13(14,8-10)12(16)15(2)11-5-7-17-9-11/h10-11H,3-9,14H2,1-2H3. The number of rotatable bonds is 2. The maximum absolute atomic E-state index is 12.5. The summed E-state index contributed by atoms with van der Waals surface area (Å²) in [5.74, 6) is 0.672. The molecule has 1 heterocycles. The van der Waals surface area contributed by atoms with E-state index in [1.807, 2.05) is 11.9 Å². The van der Waals surface area contributed by atoms with Gasteiger partial charge >= 0.3 is 0 Å². The quantitative estimate of drug-likeness (QED) is 0.787. The summed E-state index contributed by atoms with van der Waals surface area (Å²) in [6.07, 6.45) is 4.85. The van der Waals surface area contributed by atoms with E-state index in [1.54, 1.807) is 0 Å². The zero-order valence-electron chi connectivity index (χ0n) is 10.9. The molecule has 3 atom stereocenters. The van der Waals surface area contributed by atoms with Crippen molar-refractivity contribution in [1.82, 2.24) is 4.90 Å². The van der Waals surface area contributed by atoms with Crippen LogP contribution in [0, 0.1) is 5.92 Å². The second kappa shape index (κ2) is 4.94. The summed E-state index contributed by atoms with van der Waals surface area (Å²) in [6.45, 7) is 3.61. The molecule has 2 rings (SSSR count). The fourth-order valence-corrected chi connectivity index (χ4v) is 3.13. The predicted octanol–water partition coefficient (Wildman–Crippen LogP) is 1.14. The van der Waals surface area contributed by atoms with Crippen LogP contribution < -0.4 is 5.73 Å². The number of hydrogen-bond acceptors (Lipinski definition) is 3. The van der Waals surface area contributed by atoms with Crippen LogP contribution in [0.1, 0.15) is 39.0 Å². The molecule has 0 aromatic carbocycles. The normalized spacial score (nSPS) is 38.1. The van der Waals surface area contributed by atoms with Crippen molar-refractivity contribution < 1.29 is 9.53 Å². The van der Waals surface area contributed by atoms with Crippen LogP contribution in [0.5, 0.6) is 0 Å². The third-order valence-corrected chi connectivity index (χ3v) is 4.23. The fourth-order valence-electron chi connectivity index (χ4n) is 3.13. The Labute approximate surface area is 103 Å². The summed E-state index contributed by atoms with van der Waals surface area (Å²) in [4.78, 5) is 14.3. The van der Waals surface area contributed by atoms with Gasteiger partial charge in [0.15, 0.2) is 0 Å². The smallest absolute Gasteiger partial charge is 0.242 e. The van der Waals surface area contributed by atoms with Crippen molar-refractivity contribution in [3.8, 4) is 0 Å². The minimum absolute atomic E-state index is 0.111. The van der Waals surface area contributed by atoms with Gasteiger partial charge in [-0.05, 0) is 25.2 Å². The zero-order chi connectivity index (χ0) is 12.5. The summed E-state index contributed by atoms with van der Waals surface area (Å²) in [6, 6.07) is 0.222. The zero-order valence-corrected chi connectivity index (χ0v) is 10.9. The summed E-state index contributed by atoms with van der Waals surface area (Å²) in [5.41, 5.74) is 5.70. The van der Waals surface area contributed by atoms with Crippen LogP contribution in [0.25, 0.3) is 0 Å². The Morgan fingerprint density at radius 1 is 1.47 bits per heavy atom. The second-order valence-corrected chi connectivity index (χ2v) is 5.79. The molecule has 2 fully saturated rings. The highest BCUT2D eigenvalue weighted by atomic mass is 16.5. The molecule has 1 saturated heterocycles. The Bertz CT molecular complexity index is 289. The van der Waals surface area contributed by atoms with Gasteiger partial charge in [-0.3, -0.25) is 4.79 Å². The van der Waals surface area contributed by atoms with Gasteiger partial charge in [0, 0.05) is 13.7 Å². The molecular weight excluding hydrogens is 216 g/mol. The molecule has 0 bridgehead atoms. The molecule has 0 spiro atoms. The van der Waals surface area contributed by atoms with Crippen molar-refractivity contribution in [1.29, 1.82) is 0 Å². The Balaban J connectivity index is 2.01. The van der Waals surface area contributed by atoms with Crippen LogP contribution in [0.4, 0.5) is 0 Å². The van der Waals surface area contributed by atoms with Crippen LogP contribution in [-0.2, 0) is 9.53 Å². The SMILES string of the molecule is CC1CCCC(N)(C(=O)N(C)C2CCOC2)C1. The van der Waals surface area contributed by atoms with Crippen molar-refractivity contribution in [3.05, 3.63) is 0 Å². The Hall–Kier alpha value is -0.610. The molecule has 0 aromatic rings. The monoisotopic (exact) mass is 240 g/mol. The Morgan fingerprint density at radius 2 is 2.24 bits per heavy atom. The number of hydrogen-bond donors (Lipinski definition) is 1. The van der Waals surface area contributed by atoms with Crippen molar-refractivity contribution in [2.45, 2.75) is 50.6 Å². The fraction of sp³-hybridized carbons (Fsp3) is 0.923. The van der Waals surface area contributed by atoms with Crippen LogP contribution in [-0.4, -0.2) is 42.6 Å². The Morgan fingerprint density at radius 3 is 2.82 bits per heavy atom. The molecular formula is C13H24N2O2. The molecule has 1 aliphatic heterocycles. The van der Waals surface area contributed by atoms with Crippen LogP contribution in [0.15, 0.2) is 0 Å². The highest BCUT2D eigenvalue weighted by molar-refractivity contribution is 5.86. The minimum atomic E-state index is -0.630. The Kier molecular flexibility index (Phi) is 3.73. The summed E-state index contributed by atoms with van der Waals surface area (Å²) in [5, 5.41) is 0. The number of carbonyl (C=O) groups is 1. The molecule has 0 radical (unpaired) electrons. The number of nitrogens with two attached hydrogens (primary N) is 1. The van der Waals surface area contributed by atoms with E-state index in [9.17, 15) is 4.79 Å². The summed E-state index contributed by atoms with van der Waals surface area (Å²) < 4.78 is 5.34. The highest BCUT2D eigenvalue weighted by Crippen LogP contribution is 2.32. The average Bonchev–Trinajstić information content (AvgIpc) is 2.80. The maximum Gasteiger partial charge on any atom is 0.242 e. The van der Waals surface area contributed by atoms with Gasteiger partial charge in [0.25, 0.3) is 0 Å². The number of carbonyl (C=O) groups excluding carboxylic acids is 1. The first kappa shape index (κ1) is 12.8. The second-order valence-electron chi connectivity index (χ2n) is 5.79. The van der Waals surface area contributed by atoms with Crippen molar-refractivity contribution in [2.75, 3.05) is 20.3 Å². The molecule has 3 unspecified atom stereocenters. The van der Waals surface area contributed by atoms with Gasteiger partial charge in [-0.2, -0.15) is 0 Å². The lowest BCUT2D eigenvalue weighted by Gasteiger charge is -2.39. The lowest BCUT2D eigenvalue weighted by Crippen LogP contribution is -2.58. The van der Waals surface area contributed by atoms with E-state index < -0.39 is 5.54 Å². The van der Waals surface area contributed by atoms with Crippen molar-refractivity contribution in [2.24, 2.45) is 11.7 Å². The first-order valence-electron chi connectivity index (χ1n) is 6.67. The molecule has 0 aromatic heterocycles. The molecule has 1 saturated carbocycles. The van der Waals surface area contributed by atoms with E-state index in [-0.39, 0.29) is 11.9 Å². The molecule has 1 aliphatic carbocycles. The number of ether oxygens (including phenoxy) is 1. The predicted molar refractivity (Wildman–Crippen MR) is 66.5 cm³/mol. The van der Waals surface area contributed by atoms with Crippen LogP contribution in [0.3, 0.4) is 0 Å². The van der Waals surface area contributed by atoms with E-state index in [2.05, 4.69) is 6.92 Å². The van der Waals surface area contributed by atoms with E-state index in [0.717, 1.165) is 32.3 Å². The molecule has 98 valence electrons. The lowest BCUT2D eigenvalue weighted by atomic mass is 9.76. The molecule has 4 nitrogen and oxygen atoms in total. The van der Waals surface area contributed by atoms with E-state index >= 15 is 0 Å². The largest absolute Gasteiger partial charge is 0.379 e. The molecule has 2 aliphatic rings. The van der Waals surface area contributed by atoms with Gasteiger partial charge in [-0.15, -0.1) is 0 Å². The lowest BCUT2D eigenvalue weighted by molar-refractivity contribution is -0.139. The number of amides is 1. The topological polar surface area (TPSA) is 55.6 Å². The number of likely N-dealkylation sites (N-methyl/N-ethyl adjacent to an activating group) is 1. The van der Waals surface area contributed by atoms with E-state index in [0.29, 0.717) is 12.5 Å². The maximum atomic E-state index is 12.5. The minimum Gasteiger partial charge on any atom is -0.379 e. The van der Waals surface area contributed by atoms with Crippen LogP contribution >= 0.6 is 0 Å². The molecule has 17 heavy (non-hydrogen) atoms. The molecule has 1 amide bonds. The van der Waals surface area contributed by atoms with Gasteiger partial charge in [-0.1, -0.05) is 19.8 Å².